The largest absolute Gasteiger partial charge is 0.355 e. The van der Waals surface area contributed by atoms with Crippen molar-refractivity contribution in [3.05, 3.63) is 29.6 Å². The van der Waals surface area contributed by atoms with Crippen molar-refractivity contribution in [2.75, 3.05) is 26.2 Å². The molecule has 1 fully saturated rings. The number of aromatic nitrogens is 1. The van der Waals surface area contributed by atoms with Crippen LogP contribution >= 0.6 is 12.4 Å². The molecule has 1 unspecified atom stereocenters. The second kappa shape index (κ2) is 8.97. The van der Waals surface area contributed by atoms with E-state index in [0.29, 0.717) is 13.1 Å². The monoisotopic (exact) mass is 312 g/mol. The fourth-order valence-electron chi connectivity index (χ4n) is 2.60. The van der Waals surface area contributed by atoms with Crippen molar-refractivity contribution in [1.82, 2.24) is 15.2 Å². The van der Waals surface area contributed by atoms with E-state index >= 15 is 0 Å². The summed E-state index contributed by atoms with van der Waals surface area (Å²) in [6.07, 6.45) is 3.96. The zero-order chi connectivity index (χ0) is 14.4. The Kier molecular flexibility index (Phi) is 7.64. The molecule has 1 aromatic heterocycles. The van der Waals surface area contributed by atoms with E-state index in [1.807, 2.05) is 19.2 Å². The third-order valence-electron chi connectivity index (χ3n) is 3.70. The van der Waals surface area contributed by atoms with Gasteiger partial charge in [0, 0.05) is 38.1 Å². The summed E-state index contributed by atoms with van der Waals surface area (Å²) in [6.45, 7) is 5.80. The van der Waals surface area contributed by atoms with Gasteiger partial charge in [0.25, 0.3) is 0 Å². The topological polar surface area (TPSA) is 71.2 Å². The smallest absolute Gasteiger partial charge is 0.224 e. The fraction of sp³-hybridized carbons (Fsp3) is 0.600. The maximum Gasteiger partial charge on any atom is 0.224 e. The van der Waals surface area contributed by atoms with Crippen LogP contribution in [-0.4, -0.2) is 42.0 Å². The molecule has 0 saturated carbocycles. The lowest BCUT2D eigenvalue weighted by molar-refractivity contribution is -0.126. The SMILES string of the molecule is Cc1ccc(CN2CCCC(C(=O)NCCN)C2)cn1.Cl. The molecule has 1 aliphatic heterocycles. The number of rotatable bonds is 5. The van der Waals surface area contributed by atoms with Crippen molar-refractivity contribution >= 4 is 18.3 Å². The number of nitrogens with one attached hydrogen (secondary N) is 1. The van der Waals surface area contributed by atoms with Gasteiger partial charge in [-0.05, 0) is 37.9 Å². The number of aryl methyl sites for hydroxylation is 1. The summed E-state index contributed by atoms with van der Waals surface area (Å²) in [5.41, 5.74) is 7.66. The number of nitrogens with zero attached hydrogens (tertiary/aromatic N) is 2. The number of amides is 1. The van der Waals surface area contributed by atoms with Gasteiger partial charge in [-0.25, -0.2) is 0 Å². The minimum atomic E-state index is 0. The van der Waals surface area contributed by atoms with Crippen molar-refractivity contribution in [3.63, 3.8) is 0 Å². The Labute approximate surface area is 132 Å². The molecule has 1 amide bonds. The molecule has 2 heterocycles. The van der Waals surface area contributed by atoms with Gasteiger partial charge in [0.05, 0.1) is 5.92 Å². The number of likely N-dealkylation sites (tertiary alicyclic amines) is 1. The van der Waals surface area contributed by atoms with Gasteiger partial charge in [-0.1, -0.05) is 6.07 Å². The minimum Gasteiger partial charge on any atom is -0.355 e. The summed E-state index contributed by atoms with van der Waals surface area (Å²) in [5.74, 6) is 0.232. The number of piperidine rings is 1. The highest BCUT2D eigenvalue weighted by Crippen LogP contribution is 2.18. The molecule has 21 heavy (non-hydrogen) atoms. The molecule has 6 heteroatoms. The second-order valence-corrected chi connectivity index (χ2v) is 5.46. The number of carbonyl (C=O) groups is 1. The number of carbonyl (C=O) groups excluding carboxylic acids is 1. The predicted molar refractivity (Wildman–Crippen MR) is 86.3 cm³/mol. The molecule has 5 nitrogen and oxygen atoms in total. The highest BCUT2D eigenvalue weighted by atomic mass is 35.5. The first-order valence-corrected chi connectivity index (χ1v) is 7.30. The first-order chi connectivity index (χ1) is 9.69. The molecular formula is C15H25ClN4O. The normalized spacial score (nSPS) is 18.9. The Balaban J connectivity index is 0.00000220. The van der Waals surface area contributed by atoms with E-state index in [2.05, 4.69) is 21.3 Å². The van der Waals surface area contributed by atoms with Crippen LogP contribution in [0.5, 0.6) is 0 Å². The highest BCUT2D eigenvalue weighted by Gasteiger charge is 2.25. The van der Waals surface area contributed by atoms with E-state index in [0.717, 1.165) is 38.2 Å². The Hall–Kier alpha value is -1.17. The molecule has 118 valence electrons. The van der Waals surface area contributed by atoms with Crippen LogP contribution in [0.4, 0.5) is 0 Å². The molecule has 2 rings (SSSR count). The number of pyridine rings is 1. The summed E-state index contributed by atoms with van der Waals surface area (Å²) in [5, 5.41) is 2.89. The zero-order valence-corrected chi connectivity index (χ0v) is 13.4. The van der Waals surface area contributed by atoms with Gasteiger partial charge in [-0.15, -0.1) is 12.4 Å². The first-order valence-electron chi connectivity index (χ1n) is 7.30. The van der Waals surface area contributed by atoms with Gasteiger partial charge >= 0.3 is 0 Å². The summed E-state index contributed by atoms with van der Waals surface area (Å²) >= 11 is 0. The molecule has 0 radical (unpaired) electrons. The third-order valence-corrected chi connectivity index (χ3v) is 3.70. The van der Waals surface area contributed by atoms with Gasteiger partial charge in [0.15, 0.2) is 0 Å². The van der Waals surface area contributed by atoms with Crippen LogP contribution in [0, 0.1) is 12.8 Å². The van der Waals surface area contributed by atoms with Gasteiger partial charge in [0.2, 0.25) is 5.91 Å². The van der Waals surface area contributed by atoms with Crippen molar-refractivity contribution in [1.29, 1.82) is 0 Å². The molecule has 0 bridgehead atoms. The van der Waals surface area contributed by atoms with Gasteiger partial charge in [-0.3, -0.25) is 14.7 Å². The van der Waals surface area contributed by atoms with Gasteiger partial charge in [-0.2, -0.15) is 0 Å². The predicted octanol–water partition coefficient (Wildman–Crippen LogP) is 1.10. The average molecular weight is 313 g/mol. The van der Waals surface area contributed by atoms with E-state index in [4.69, 9.17) is 5.73 Å². The van der Waals surface area contributed by atoms with Crippen LogP contribution in [0.15, 0.2) is 18.3 Å². The van der Waals surface area contributed by atoms with Crippen LogP contribution in [0.3, 0.4) is 0 Å². The van der Waals surface area contributed by atoms with Crippen molar-refractivity contribution in [2.24, 2.45) is 11.7 Å². The average Bonchev–Trinajstić information content (AvgIpc) is 2.47. The fourth-order valence-corrected chi connectivity index (χ4v) is 2.60. The van der Waals surface area contributed by atoms with Crippen LogP contribution in [0.25, 0.3) is 0 Å². The van der Waals surface area contributed by atoms with E-state index in [-0.39, 0.29) is 24.2 Å². The van der Waals surface area contributed by atoms with Gasteiger partial charge < -0.3 is 11.1 Å². The number of halogens is 1. The summed E-state index contributed by atoms with van der Waals surface area (Å²) in [6, 6.07) is 4.14. The van der Waals surface area contributed by atoms with Gasteiger partial charge in [0.1, 0.15) is 0 Å². The van der Waals surface area contributed by atoms with Crippen molar-refractivity contribution < 1.29 is 4.79 Å². The molecule has 0 spiro atoms. The van der Waals surface area contributed by atoms with Crippen LogP contribution in [-0.2, 0) is 11.3 Å². The molecule has 3 N–H and O–H groups in total. The lowest BCUT2D eigenvalue weighted by atomic mass is 9.97. The molecule has 1 aromatic rings. The standard InChI is InChI=1S/C15H24N4O.ClH/c1-12-4-5-13(9-18-12)10-19-8-2-3-14(11-19)15(20)17-7-6-16;/h4-5,9,14H,2-3,6-8,10-11,16H2,1H3,(H,17,20);1H. The molecule has 1 atom stereocenters. The molecule has 1 saturated heterocycles. The van der Waals surface area contributed by atoms with Crippen molar-refractivity contribution in [3.8, 4) is 0 Å². The van der Waals surface area contributed by atoms with Crippen LogP contribution < -0.4 is 11.1 Å². The maximum atomic E-state index is 12.0. The zero-order valence-electron chi connectivity index (χ0n) is 12.5. The van der Waals surface area contributed by atoms with Crippen LogP contribution in [0.2, 0.25) is 0 Å². The summed E-state index contributed by atoms with van der Waals surface area (Å²) in [4.78, 5) is 18.6. The summed E-state index contributed by atoms with van der Waals surface area (Å²) in [7, 11) is 0. The number of nitrogens with two attached hydrogens (primary N) is 1. The van der Waals surface area contributed by atoms with E-state index < -0.39 is 0 Å². The van der Waals surface area contributed by atoms with E-state index in [9.17, 15) is 4.79 Å². The Morgan fingerprint density at radius 2 is 2.33 bits per heavy atom. The number of hydrogen-bond acceptors (Lipinski definition) is 4. The van der Waals surface area contributed by atoms with Crippen LogP contribution in [0.1, 0.15) is 24.1 Å². The Bertz CT molecular complexity index is 438. The highest BCUT2D eigenvalue weighted by molar-refractivity contribution is 5.85. The van der Waals surface area contributed by atoms with E-state index in [1.54, 1.807) is 0 Å². The second-order valence-electron chi connectivity index (χ2n) is 5.46. The number of hydrogen-bond donors (Lipinski definition) is 2. The molecular weight excluding hydrogens is 288 g/mol. The molecule has 0 aromatic carbocycles. The van der Waals surface area contributed by atoms with E-state index in [1.165, 1.54) is 5.56 Å². The summed E-state index contributed by atoms with van der Waals surface area (Å²) < 4.78 is 0. The minimum absolute atomic E-state index is 0. The third kappa shape index (κ3) is 5.61. The van der Waals surface area contributed by atoms with Crippen molar-refractivity contribution in [2.45, 2.75) is 26.3 Å². The Morgan fingerprint density at radius 1 is 1.52 bits per heavy atom. The maximum absolute atomic E-state index is 12.0. The lowest BCUT2D eigenvalue weighted by Crippen LogP contribution is -2.43. The quantitative estimate of drug-likeness (QED) is 0.854. The first kappa shape index (κ1) is 17.9. The molecule has 1 aliphatic rings. The lowest BCUT2D eigenvalue weighted by Gasteiger charge is -2.31. The Morgan fingerprint density at radius 3 is 3.00 bits per heavy atom. The molecule has 0 aliphatic carbocycles.